The van der Waals surface area contributed by atoms with E-state index in [1.165, 1.54) is 29.8 Å². The second-order valence-electron chi connectivity index (χ2n) is 10.8. The summed E-state index contributed by atoms with van der Waals surface area (Å²) in [5.41, 5.74) is 1.46. The van der Waals surface area contributed by atoms with Crippen LogP contribution in [0.15, 0.2) is 66.7 Å². The van der Waals surface area contributed by atoms with E-state index in [2.05, 4.69) is 24.3 Å². The maximum atomic E-state index is 12.2. The van der Waals surface area contributed by atoms with Crippen molar-refractivity contribution >= 4 is 11.9 Å². The average molecular weight is 569 g/mol. The summed E-state index contributed by atoms with van der Waals surface area (Å²) in [5.74, 6) is -0.123. The van der Waals surface area contributed by atoms with Gasteiger partial charge in [0.15, 0.2) is 0 Å². The average Bonchev–Trinajstić information content (AvgIpc) is 3.34. The van der Waals surface area contributed by atoms with Gasteiger partial charge in [0.2, 0.25) is 0 Å². The molecule has 1 fully saturated rings. The van der Waals surface area contributed by atoms with Gasteiger partial charge in [-0.25, -0.2) is 4.79 Å². The highest BCUT2D eigenvalue weighted by molar-refractivity contribution is 5.89. The molecule has 0 spiro atoms. The SMILES string of the molecule is O=C(CCCC=CCC1C(O)CCC1CCC(O)CCc1ccccc1)Oc1ccc(C(=O)OC(CO)CO)cc1. The van der Waals surface area contributed by atoms with Crippen LogP contribution < -0.4 is 4.74 Å². The Morgan fingerprint density at radius 1 is 0.951 bits per heavy atom. The Balaban J connectivity index is 1.31. The summed E-state index contributed by atoms with van der Waals surface area (Å²) in [5, 5.41) is 39.0. The van der Waals surface area contributed by atoms with Gasteiger partial charge in [0.05, 0.1) is 31.0 Å². The number of aliphatic hydroxyl groups is 4. The lowest BCUT2D eigenvalue weighted by molar-refractivity contribution is -0.134. The van der Waals surface area contributed by atoms with Crippen LogP contribution in [0.1, 0.15) is 73.7 Å². The minimum Gasteiger partial charge on any atom is -0.454 e. The summed E-state index contributed by atoms with van der Waals surface area (Å²) in [7, 11) is 0. The number of hydrogen-bond donors (Lipinski definition) is 4. The Bertz CT molecular complexity index is 1060. The summed E-state index contributed by atoms with van der Waals surface area (Å²) in [6.45, 7) is -0.950. The Morgan fingerprint density at radius 3 is 2.39 bits per heavy atom. The van der Waals surface area contributed by atoms with Gasteiger partial charge in [-0.1, -0.05) is 42.5 Å². The van der Waals surface area contributed by atoms with E-state index in [0.29, 0.717) is 18.1 Å². The third kappa shape index (κ3) is 11.4. The second kappa shape index (κ2) is 17.7. The molecule has 0 aromatic heterocycles. The minimum atomic E-state index is -0.979. The highest BCUT2D eigenvalue weighted by atomic mass is 16.6. The molecule has 2 aromatic carbocycles. The summed E-state index contributed by atoms with van der Waals surface area (Å²) in [4.78, 5) is 24.2. The molecule has 0 amide bonds. The van der Waals surface area contributed by atoms with Gasteiger partial charge in [0, 0.05) is 6.42 Å². The fourth-order valence-corrected chi connectivity index (χ4v) is 5.29. The van der Waals surface area contributed by atoms with E-state index in [9.17, 15) is 19.8 Å². The molecule has 0 bridgehead atoms. The van der Waals surface area contributed by atoms with E-state index in [4.69, 9.17) is 19.7 Å². The van der Waals surface area contributed by atoms with E-state index in [1.54, 1.807) is 0 Å². The van der Waals surface area contributed by atoms with Crippen molar-refractivity contribution in [1.29, 1.82) is 0 Å². The summed E-state index contributed by atoms with van der Waals surface area (Å²) < 4.78 is 10.3. The molecule has 8 heteroatoms. The zero-order valence-electron chi connectivity index (χ0n) is 23.6. The van der Waals surface area contributed by atoms with Crippen LogP contribution in [0.25, 0.3) is 0 Å². The van der Waals surface area contributed by atoms with Crippen LogP contribution in [0.5, 0.6) is 5.75 Å². The zero-order valence-corrected chi connectivity index (χ0v) is 23.6. The predicted octanol–water partition coefficient (Wildman–Crippen LogP) is 4.38. The molecule has 41 heavy (non-hydrogen) atoms. The van der Waals surface area contributed by atoms with Gasteiger partial charge < -0.3 is 29.9 Å². The van der Waals surface area contributed by atoms with E-state index >= 15 is 0 Å². The highest BCUT2D eigenvalue weighted by Gasteiger charge is 2.33. The topological polar surface area (TPSA) is 134 Å². The van der Waals surface area contributed by atoms with Crippen molar-refractivity contribution in [2.75, 3.05) is 13.2 Å². The maximum Gasteiger partial charge on any atom is 0.338 e. The zero-order chi connectivity index (χ0) is 29.5. The molecule has 1 saturated carbocycles. The van der Waals surface area contributed by atoms with Gasteiger partial charge in [-0.05, 0) is 99.5 Å². The molecular weight excluding hydrogens is 524 g/mol. The van der Waals surface area contributed by atoms with Gasteiger partial charge in [0.25, 0.3) is 0 Å². The lowest BCUT2D eigenvalue weighted by atomic mass is 9.86. The van der Waals surface area contributed by atoms with E-state index in [-0.39, 0.29) is 36.1 Å². The minimum absolute atomic E-state index is 0.205. The van der Waals surface area contributed by atoms with Crippen LogP contribution in [-0.2, 0) is 16.0 Å². The van der Waals surface area contributed by atoms with Gasteiger partial charge >= 0.3 is 11.9 Å². The molecule has 8 nitrogen and oxygen atoms in total. The largest absolute Gasteiger partial charge is 0.454 e. The van der Waals surface area contributed by atoms with Crippen molar-refractivity contribution in [1.82, 2.24) is 0 Å². The number of esters is 2. The number of ether oxygens (including phenoxy) is 2. The number of rotatable bonds is 17. The number of aliphatic hydroxyl groups excluding tert-OH is 4. The van der Waals surface area contributed by atoms with Crippen LogP contribution in [0.2, 0.25) is 0 Å². The van der Waals surface area contributed by atoms with Crippen LogP contribution in [0.3, 0.4) is 0 Å². The van der Waals surface area contributed by atoms with E-state index < -0.39 is 25.3 Å². The van der Waals surface area contributed by atoms with Crippen molar-refractivity contribution < 1.29 is 39.5 Å². The lowest BCUT2D eigenvalue weighted by Crippen LogP contribution is -2.25. The molecule has 4 unspecified atom stereocenters. The molecule has 3 rings (SSSR count). The molecule has 224 valence electrons. The van der Waals surface area contributed by atoms with Crippen molar-refractivity contribution in [3.05, 3.63) is 77.9 Å². The van der Waals surface area contributed by atoms with Crippen molar-refractivity contribution in [3.8, 4) is 5.75 Å². The molecule has 0 saturated heterocycles. The third-order valence-electron chi connectivity index (χ3n) is 7.74. The Morgan fingerprint density at radius 2 is 1.68 bits per heavy atom. The Kier molecular flexibility index (Phi) is 14.0. The first-order valence-electron chi connectivity index (χ1n) is 14.7. The first-order valence-corrected chi connectivity index (χ1v) is 14.7. The first-order chi connectivity index (χ1) is 19.9. The van der Waals surface area contributed by atoms with E-state index in [0.717, 1.165) is 51.4 Å². The second-order valence-corrected chi connectivity index (χ2v) is 10.8. The lowest BCUT2D eigenvalue weighted by Gasteiger charge is -2.22. The number of carbonyl (C=O) groups excluding carboxylic acids is 2. The maximum absolute atomic E-state index is 12.2. The summed E-state index contributed by atoms with van der Waals surface area (Å²) in [6, 6.07) is 16.1. The monoisotopic (exact) mass is 568 g/mol. The molecular formula is C33H44O8. The fraction of sp³-hybridized carbons (Fsp3) is 0.515. The van der Waals surface area contributed by atoms with Crippen LogP contribution in [-0.4, -0.2) is 63.9 Å². The smallest absolute Gasteiger partial charge is 0.338 e. The molecule has 4 atom stereocenters. The van der Waals surface area contributed by atoms with Gasteiger partial charge in [-0.3, -0.25) is 4.79 Å². The molecule has 0 radical (unpaired) electrons. The van der Waals surface area contributed by atoms with Crippen LogP contribution in [0.4, 0.5) is 0 Å². The van der Waals surface area contributed by atoms with Gasteiger partial charge in [0.1, 0.15) is 11.9 Å². The third-order valence-corrected chi connectivity index (χ3v) is 7.74. The highest BCUT2D eigenvalue weighted by Crippen LogP contribution is 2.38. The molecule has 2 aromatic rings. The number of benzene rings is 2. The number of carbonyl (C=O) groups is 2. The fourth-order valence-electron chi connectivity index (χ4n) is 5.29. The van der Waals surface area contributed by atoms with Crippen molar-refractivity contribution in [2.45, 2.75) is 82.5 Å². The number of unbranched alkanes of at least 4 members (excludes halogenated alkanes) is 1. The Hall–Kier alpha value is -3.04. The molecule has 0 heterocycles. The summed E-state index contributed by atoms with van der Waals surface area (Å²) in [6.07, 6.45) is 10.0. The van der Waals surface area contributed by atoms with Crippen LogP contribution in [0, 0.1) is 11.8 Å². The normalized spacial score (nSPS) is 19.5. The van der Waals surface area contributed by atoms with Gasteiger partial charge in [-0.2, -0.15) is 0 Å². The standard InChI is InChI=1S/C33H44O8/c34-22-29(23-35)41-33(39)26-14-19-28(20-15-26)40-32(38)11-7-2-1-6-10-30-25(16-21-31(30)37)13-18-27(36)17-12-24-8-4-3-5-9-24/h1,3-6,8-9,14-15,19-20,25,27,29-31,34-37H,2,7,10-13,16-18,21-23H2. The molecule has 4 N–H and O–H groups in total. The summed E-state index contributed by atoms with van der Waals surface area (Å²) >= 11 is 0. The molecule has 1 aliphatic rings. The number of hydrogen-bond acceptors (Lipinski definition) is 8. The van der Waals surface area contributed by atoms with Gasteiger partial charge in [-0.15, -0.1) is 0 Å². The van der Waals surface area contributed by atoms with E-state index in [1.807, 2.05) is 18.2 Å². The predicted molar refractivity (Wildman–Crippen MR) is 155 cm³/mol. The van der Waals surface area contributed by atoms with Crippen molar-refractivity contribution in [3.63, 3.8) is 0 Å². The Labute approximate surface area is 242 Å². The first kappa shape index (κ1) is 32.5. The molecule has 1 aliphatic carbocycles. The van der Waals surface area contributed by atoms with Crippen molar-refractivity contribution in [2.24, 2.45) is 11.8 Å². The number of allylic oxidation sites excluding steroid dienone is 2. The molecule has 0 aliphatic heterocycles. The van der Waals surface area contributed by atoms with Crippen LogP contribution >= 0.6 is 0 Å². The quantitative estimate of drug-likeness (QED) is 0.0957. The number of aryl methyl sites for hydroxylation is 1.